The largest absolute Gasteiger partial charge is 0.514 e. The van der Waals surface area contributed by atoms with Crippen molar-refractivity contribution in [2.45, 2.75) is 72.6 Å². The average Bonchev–Trinajstić information content (AvgIpc) is 3.38. The zero-order chi connectivity index (χ0) is 33.5. The molecule has 2 aromatic heterocycles. The van der Waals surface area contributed by atoms with Gasteiger partial charge in [-0.25, -0.2) is 18.2 Å². The van der Waals surface area contributed by atoms with Crippen LogP contribution in [0.3, 0.4) is 0 Å². The van der Waals surface area contributed by atoms with E-state index in [0.29, 0.717) is 5.13 Å². The van der Waals surface area contributed by atoms with Crippen LogP contribution in [-0.2, 0) is 6.42 Å². The first-order valence-electron chi connectivity index (χ1n) is 15.1. The minimum Gasteiger partial charge on any atom is -0.514 e. The first-order chi connectivity index (χ1) is 21.4. The number of fused-ring (bicyclic) bond motifs is 1. The fourth-order valence-corrected chi connectivity index (χ4v) is 5.71. The van der Waals surface area contributed by atoms with Crippen LogP contribution in [0.5, 0.6) is 0 Å². The Balaban J connectivity index is 0.000000691. The zero-order valence-electron chi connectivity index (χ0n) is 27.1. The average molecular weight is 642 g/mol. The number of aromatic nitrogens is 2. The predicted molar refractivity (Wildman–Crippen MR) is 184 cm³/mol. The van der Waals surface area contributed by atoms with Crippen LogP contribution < -0.4 is 16.4 Å². The van der Waals surface area contributed by atoms with Gasteiger partial charge in [0.05, 0.1) is 22.2 Å². The summed E-state index contributed by atoms with van der Waals surface area (Å²) >= 11 is 1.50. The van der Waals surface area contributed by atoms with Crippen LogP contribution in [0.4, 0.5) is 18.3 Å². The van der Waals surface area contributed by atoms with E-state index in [0.717, 1.165) is 89.4 Å². The lowest BCUT2D eigenvalue weighted by molar-refractivity contribution is 0.171. The highest BCUT2D eigenvalue weighted by molar-refractivity contribution is 7.22. The summed E-state index contributed by atoms with van der Waals surface area (Å²) in [4.78, 5) is 9.60. The van der Waals surface area contributed by atoms with E-state index in [1.54, 1.807) is 7.05 Å². The van der Waals surface area contributed by atoms with Crippen molar-refractivity contribution in [3.8, 4) is 11.3 Å². The van der Waals surface area contributed by atoms with Gasteiger partial charge in [-0.2, -0.15) is 0 Å². The Morgan fingerprint density at radius 1 is 1.07 bits per heavy atom. The third-order valence-corrected chi connectivity index (χ3v) is 7.73. The van der Waals surface area contributed by atoms with Crippen molar-refractivity contribution in [3.05, 3.63) is 95.3 Å². The number of nitrogen functional groups attached to an aromatic ring is 1. The number of aliphatic hydroxyl groups excluding tert-OH is 1. The van der Waals surface area contributed by atoms with Gasteiger partial charge in [-0.1, -0.05) is 44.6 Å². The molecule has 2 aromatic carbocycles. The quantitative estimate of drug-likeness (QED) is 0.122. The number of hydrogen-bond acceptors (Lipinski definition) is 7. The van der Waals surface area contributed by atoms with E-state index < -0.39 is 6.43 Å². The van der Waals surface area contributed by atoms with Gasteiger partial charge in [-0.3, -0.25) is 4.98 Å². The molecule has 10 heteroatoms. The molecule has 4 aromatic rings. The number of nitrogens with two attached hydrogens (primary N) is 1. The van der Waals surface area contributed by atoms with Crippen LogP contribution in [0.2, 0.25) is 0 Å². The lowest BCUT2D eigenvalue weighted by Crippen LogP contribution is -2.21. The van der Waals surface area contributed by atoms with Gasteiger partial charge >= 0.3 is 0 Å². The standard InChI is InChI=1S/C30H35FN4S.C3H7NO.C2H4F2/c1-6-8-22(17-33-20(5)23-14-19(4)28-27(16-23)36-30(32)35-28)26-15-18(3)25(9-7-2)29(34-26)21-10-12-24(31)13-11-21;1-4-2-3-5;1-2(3)4/h10-16,22,33H,5-9,17H2,1-4H3,(H2,32,35);2-5H,1H3;2H,1H3. The fourth-order valence-electron chi connectivity index (χ4n) is 4.86. The van der Waals surface area contributed by atoms with E-state index in [-0.39, 0.29) is 11.7 Å². The number of nitrogens with zero attached hydrogens (tertiary/aromatic N) is 2. The smallest absolute Gasteiger partial charge is 0.235 e. The van der Waals surface area contributed by atoms with Gasteiger partial charge in [0.2, 0.25) is 6.43 Å². The second kappa shape index (κ2) is 18.7. The summed E-state index contributed by atoms with van der Waals surface area (Å²) in [6.07, 6.45) is 4.24. The molecule has 0 amide bonds. The first-order valence-corrected chi connectivity index (χ1v) is 15.9. The van der Waals surface area contributed by atoms with Crippen molar-refractivity contribution in [3.63, 3.8) is 0 Å². The Bertz CT molecular complexity index is 1530. The Hall–Kier alpha value is -4.05. The molecule has 0 radical (unpaired) electrons. The third-order valence-electron chi connectivity index (χ3n) is 6.89. The Morgan fingerprint density at radius 2 is 1.73 bits per heavy atom. The predicted octanol–water partition coefficient (Wildman–Crippen LogP) is 9.30. The molecule has 0 aliphatic heterocycles. The topological polar surface area (TPSA) is 96.1 Å². The van der Waals surface area contributed by atoms with E-state index in [2.05, 4.69) is 68.1 Å². The number of halogens is 3. The van der Waals surface area contributed by atoms with Crippen molar-refractivity contribution in [2.75, 3.05) is 19.3 Å². The summed E-state index contributed by atoms with van der Waals surface area (Å²) in [5, 5.41) is 14.6. The summed E-state index contributed by atoms with van der Waals surface area (Å²) < 4.78 is 35.4. The molecule has 1 unspecified atom stereocenters. The van der Waals surface area contributed by atoms with Crippen LogP contribution in [0.1, 0.15) is 73.9 Å². The maximum atomic E-state index is 13.6. The number of alkyl halides is 2. The lowest BCUT2D eigenvalue weighted by Gasteiger charge is -2.22. The van der Waals surface area contributed by atoms with E-state index in [9.17, 15) is 13.2 Å². The number of aryl methyl sites for hydroxylation is 2. The van der Waals surface area contributed by atoms with Crippen LogP contribution >= 0.6 is 11.3 Å². The van der Waals surface area contributed by atoms with E-state index in [4.69, 9.17) is 15.8 Å². The Morgan fingerprint density at radius 3 is 2.29 bits per heavy atom. The second-order valence-corrected chi connectivity index (χ2v) is 11.7. The Kier molecular flexibility index (Phi) is 15.4. The number of aliphatic hydroxyl groups is 1. The zero-order valence-corrected chi connectivity index (χ0v) is 27.9. The molecule has 0 spiro atoms. The van der Waals surface area contributed by atoms with Gasteiger partial charge in [0.25, 0.3) is 0 Å². The molecule has 0 saturated heterocycles. The molecule has 45 heavy (non-hydrogen) atoms. The fraction of sp³-hybridized carbons (Fsp3) is 0.371. The maximum Gasteiger partial charge on any atom is 0.235 e. The molecule has 5 N–H and O–H groups in total. The number of hydrogen-bond donors (Lipinski definition) is 4. The molecule has 2 heterocycles. The van der Waals surface area contributed by atoms with Crippen molar-refractivity contribution < 1.29 is 18.3 Å². The summed E-state index contributed by atoms with van der Waals surface area (Å²) in [7, 11) is 1.72. The van der Waals surface area contributed by atoms with Gasteiger partial charge in [0.1, 0.15) is 5.82 Å². The monoisotopic (exact) mass is 641 g/mol. The van der Waals surface area contributed by atoms with E-state index in [1.165, 1.54) is 40.8 Å². The molecule has 244 valence electrons. The molecule has 4 rings (SSSR count). The third kappa shape index (κ3) is 11.4. The van der Waals surface area contributed by atoms with E-state index in [1.807, 2.05) is 12.1 Å². The highest BCUT2D eigenvalue weighted by atomic mass is 32.1. The van der Waals surface area contributed by atoms with Gasteiger partial charge in [-0.15, -0.1) is 0 Å². The summed E-state index contributed by atoms with van der Waals surface area (Å²) in [6.45, 7) is 14.5. The number of anilines is 1. The van der Waals surface area contributed by atoms with Crippen LogP contribution in [-0.4, -0.2) is 35.1 Å². The molecule has 0 aliphatic rings. The van der Waals surface area contributed by atoms with Gasteiger partial charge in [0, 0.05) is 42.7 Å². The van der Waals surface area contributed by atoms with Gasteiger partial charge < -0.3 is 21.5 Å². The SMILES string of the molecule is C=C(NCC(CCC)c1cc(C)c(CCC)c(-c2ccc(F)cc2)n1)c1cc(C)c2nc(N)sc2c1.CC(F)F.CNC=CO. The number of benzene rings is 2. The number of nitrogens with one attached hydrogen (secondary N) is 2. The van der Waals surface area contributed by atoms with Gasteiger partial charge in [0.15, 0.2) is 5.13 Å². The van der Waals surface area contributed by atoms with Crippen molar-refractivity contribution in [2.24, 2.45) is 0 Å². The molecule has 1 atom stereocenters. The first kappa shape index (κ1) is 37.1. The molecule has 0 saturated carbocycles. The number of pyridine rings is 1. The number of thiazole rings is 1. The summed E-state index contributed by atoms with van der Waals surface area (Å²) in [5.74, 6) is -0.00566. The molecule has 0 fully saturated rings. The van der Waals surface area contributed by atoms with Crippen molar-refractivity contribution in [1.29, 1.82) is 0 Å². The second-order valence-electron chi connectivity index (χ2n) is 10.6. The van der Waals surface area contributed by atoms with E-state index >= 15 is 0 Å². The Labute approximate surface area is 269 Å². The van der Waals surface area contributed by atoms with Crippen LogP contribution in [0, 0.1) is 19.7 Å². The molecular weight excluding hydrogens is 595 g/mol. The molecule has 6 nitrogen and oxygen atoms in total. The summed E-state index contributed by atoms with van der Waals surface area (Å²) in [6, 6.07) is 13.1. The summed E-state index contributed by atoms with van der Waals surface area (Å²) in [5.41, 5.74) is 15.4. The minimum atomic E-state index is -2.17. The minimum absolute atomic E-state index is 0.226. The van der Waals surface area contributed by atoms with Crippen LogP contribution in [0.25, 0.3) is 27.2 Å². The lowest BCUT2D eigenvalue weighted by atomic mass is 9.92. The maximum absolute atomic E-state index is 13.6. The molecular formula is C35H46F3N5OS. The number of rotatable bonds is 11. The van der Waals surface area contributed by atoms with Crippen LogP contribution in [0.15, 0.2) is 61.5 Å². The van der Waals surface area contributed by atoms with Crippen molar-refractivity contribution in [1.82, 2.24) is 20.6 Å². The molecule has 0 bridgehead atoms. The normalized spacial score (nSPS) is 11.5. The van der Waals surface area contributed by atoms with Crippen molar-refractivity contribution >= 4 is 32.4 Å². The molecule has 0 aliphatic carbocycles. The van der Waals surface area contributed by atoms with Gasteiger partial charge in [-0.05, 0) is 98.3 Å². The highest BCUT2D eigenvalue weighted by Gasteiger charge is 2.19. The highest BCUT2D eigenvalue weighted by Crippen LogP contribution is 2.32.